The number of ether oxygens (including phenoxy) is 1. The summed E-state index contributed by atoms with van der Waals surface area (Å²) in [6.07, 6.45) is 10.1. The molecule has 1 saturated carbocycles. The van der Waals surface area contributed by atoms with E-state index in [-0.39, 0.29) is 17.4 Å². The number of likely N-dealkylation sites (tertiary alicyclic amines) is 1. The number of anilines is 1. The topological polar surface area (TPSA) is 74.8 Å². The van der Waals surface area contributed by atoms with Gasteiger partial charge in [-0.2, -0.15) is 0 Å². The van der Waals surface area contributed by atoms with E-state index < -0.39 is 17.7 Å². The highest BCUT2D eigenvalue weighted by Gasteiger charge is 2.66. The van der Waals surface area contributed by atoms with Crippen molar-refractivity contribution in [3.8, 4) is 0 Å². The van der Waals surface area contributed by atoms with Gasteiger partial charge >= 0.3 is 6.09 Å². The van der Waals surface area contributed by atoms with Crippen LogP contribution in [0.4, 0.5) is 10.6 Å². The van der Waals surface area contributed by atoms with E-state index in [4.69, 9.17) is 4.74 Å². The van der Waals surface area contributed by atoms with E-state index in [0.717, 1.165) is 37.8 Å². The van der Waals surface area contributed by atoms with Crippen LogP contribution in [0.1, 0.15) is 64.9 Å². The average molecular weight is 519 g/mol. The predicted molar refractivity (Wildman–Crippen MR) is 132 cm³/mol. The Bertz CT molecular complexity index is 944. The fourth-order valence-corrected chi connectivity index (χ4v) is 5.32. The minimum Gasteiger partial charge on any atom is -0.444 e. The number of pyridine rings is 1. The Kier molecular flexibility index (Phi) is 6.87. The molecule has 0 unspecified atom stereocenters. The highest BCUT2D eigenvalue weighted by molar-refractivity contribution is 9.10. The number of aromatic nitrogens is 1. The first-order chi connectivity index (χ1) is 15.6. The molecule has 1 saturated heterocycles. The van der Waals surface area contributed by atoms with E-state index in [1.807, 2.05) is 32.9 Å². The van der Waals surface area contributed by atoms with Crippen LogP contribution in [-0.4, -0.2) is 58.1 Å². The molecule has 2 bridgehead atoms. The number of nitrogens with zero attached hydrogens (tertiary/aromatic N) is 3. The number of fused-ring (bicyclic) bond motifs is 2. The molecule has 8 heteroatoms. The molecule has 2 aliphatic heterocycles. The molecule has 0 radical (unpaired) electrons. The summed E-state index contributed by atoms with van der Waals surface area (Å²) in [5.74, 6) is 0.338. The zero-order valence-corrected chi connectivity index (χ0v) is 21.7. The second-order valence-corrected chi connectivity index (χ2v) is 11.5. The number of halogens is 1. The summed E-state index contributed by atoms with van der Waals surface area (Å²) < 4.78 is 6.36. The first kappa shape index (κ1) is 24.2. The van der Waals surface area contributed by atoms with Crippen LogP contribution in [-0.2, 0) is 16.1 Å². The van der Waals surface area contributed by atoms with Crippen molar-refractivity contribution in [1.29, 1.82) is 0 Å². The van der Waals surface area contributed by atoms with Gasteiger partial charge in [0.15, 0.2) is 0 Å². The first-order valence-corrected chi connectivity index (χ1v) is 12.7. The van der Waals surface area contributed by atoms with Crippen molar-refractivity contribution in [3.63, 3.8) is 0 Å². The summed E-state index contributed by atoms with van der Waals surface area (Å²) in [4.78, 5) is 35.1. The maximum Gasteiger partial charge on any atom is 0.411 e. The van der Waals surface area contributed by atoms with E-state index in [2.05, 4.69) is 50.3 Å². The lowest BCUT2D eigenvalue weighted by atomic mass is 9.97. The maximum absolute atomic E-state index is 13.5. The molecule has 3 aliphatic rings. The molecule has 4 rings (SSSR count). The van der Waals surface area contributed by atoms with Crippen molar-refractivity contribution in [3.05, 3.63) is 34.5 Å². The summed E-state index contributed by atoms with van der Waals surface area (Å²) >= 11 is 3.43. The van der Waals surface area contributed by atoms with Gasteiger partial charge in [-0.25, -0.2) is 9.78 Å². The summed E-state index contributed by atoms with van der Waals surface area (Å²) in [6.45, 7) is 7.25. The molecule has 180 valence electrons. The average Bonchev–Trinajstić information content (AvgIpc) is 3.30. The van der Waals surface area contributed by atoms with Gasteiger partial charge in [0, 0.05) is 23.6 Å². The molecule has 33 heavy (non-hydrogen) atoms. The highest BCUT2D eigenvalue weighted by Crippen LogP contribution is 2.61. The highest BCUT2D eigenvalue weighted by atomic mass is 79.9. The Morgan fingerprint density at radius 3 is 2.79 bits per heavy atom. The smallest absolute Gasteiger partial charge is 0.411 e. The van der Waals surface area contributed by atoms with Gasteiger partial charge in [-0.3, -0.25) is 9.69 Å². The third-order valence-corrected chi connectivity index (χ3v) is 7.16. The Labute approximate surface area is 205 Å². The van der Waals surface area contributed by atoms with E-state index in [1.165, 1.54) is 6.42 Å². The Morgan fingerprint density at radius 1 is 1.24 bits per heavy atom. The number of carbonyl (C=O) groups excluding carboxylic acids is 2. The van der Waals surface area contributed by atoms with Gasteiger partial charge in [-0.15, -0.1) is 0 Å². The Balaban J connectivity index is 1.64. The number of piperidine rings is 1. The van der Waals surface area contributed by atoms with Gasteiger partial charge in [-0.05, 0) is 88.5 Å². The van der Waals surface area contributed by atoms with Crippen molar-refractivity contribution in [1.82, 2.24) is 14.8 Å². The Morgan fingerprint density at radius 2 is 2.03 bits per heavy atom. The molecular formula is C25H35BrN4O3. The van der Waals surface area contributed by atoms with Crippen LogP contribution in [0, 0.1) is 5.41 Å². The standard InChI is InChI=1S/C25H35BrN4O3/c1-24(2,3)33-23(32)30-18-14-25(15-19(25)30)12-8-6-5-7-9-13-29(4)16-17-10-11-20(26)27-21(17)28-22(18)31/h8,10-12,18-19H,5-7,9,13-16H2,1-4H3,(H,27,28,31)/t18-,19+,25-/m0/s1. The van der Waals surface area contributed by atoms with Crippen molar-refractivity contribution in [2.45, 2.75) is 83.5 Å². The molecular weight excluding hydrogens is 484 g/mol. The van der Waals surface area contributed by atoms with Crippen LogP contribution in [0.2, 0.25) is 0 Å². The third-order valence-electron chi connectivity index (χ3n) is 6.72. The van der Waals surface area contributed by atoms with Crippen LogP contribution < -0.4 is 5.32 Å². The monoisotopic (exact) mass is 518 g/mol. The van der Waals surface area contributed by atoms with Crippen molar-refractivity contribution < 1.29 is 14.3 Å². The quantitative estimate of drug-likeness (QED) is 0.381. The maximum atomic E-state index is 13.5. The number of allylic oxidation sites excluding steroid dienone is 1. The summed E-state index contributed by atoms with van der Waals surface area (Å²) in [5, 5.41) is 3.04. The summed E-state index contributed by atoms with van der Waals surface area (Å²) in [7, 11) is 2.09. The predicted octanol–water partition coefficient (Wildman–Crippen LogP) is 5.11. The number of hydrogen-bond donors (Lipinski definition) is 1. The summed E-state index contributed by atoms with van der Waals surface area (Å²) in [5.41, 5.74) is 0.221. The van der Waals surface area contributed by atoms with Gasteiger partial charge < -0.3 is 15.0 Å². The van der Waals surface area contributed by atoms with Crippen LogP contribution in [0.5, 0.6) is 0 Å². The van der Waals surface area contributed by atoms with Gasteiger partial charge in [-0.1, -0.05) is 24.6 Å². The van der Waals surface area contributed by atoms with Crippen molar-refractivity contribution >= 4 is 33.7 Å². The normalized spacial score (nSPS) is 28.6. The molecule has 1 aromatic rings. The molecule has 0 aromatic carbocycles. The fourth-order valence-electron chi connectivity index (χ4n) is 5.02. The molecule has 1 aliphatic carbocycles. The van der Waals surface area contributed by atoms with Crippen molar-refractivity contribution in [2.24, 2.45) is 5.41 Å². The molecule has 1 spiro atoms. The molecule has 3 heterocycles. The Hall–Kier alpha value is -1.93. The zero-order valence-electron chi connectivity index (χ0n) is 20.1. The summed E-state index contributed by atoms with van der Waals surface area (Å²) in [6, 6.07) is 3.32. The van der Waals surface area contributed by atoms with Crippen LogP contribution >= 0.6 is 15.9 Å². The zero-order chi connectivity index (χ0) is 23.8. The molecule has 1 N–H and O–H groups in total. The van der Waals surface area contributed by atoms with Gasteiger partial charge in [0.2, 0.25) is 5.91 Å². The van der Waals surface area contributed by atoms with E-state index in [1.54, 1.807) is 4.90 Å². The number of nitrogens with one attached hydrogen (secondary N) is 1. The number of carbonyl (C=O) groups is 2. The molecule has 3 atom stereocenters. The second kappa shape index (κ2) is 9.37. The van der Waals surface area contributed by atoms with Crippen LogP contribution in [0.25, 0.3) is 0 Å². The molecule has 1 aromatic heterocycles. The SMILES string of the molecule is CN1CCCCCC=C[C@@]23C[C@@H](C(=O)Nc4nc(Br)ccc4C1)N(C(=O)OC(C)(C)C)[C@@H]2C3. The van der Waals surface area contributed by atoms with Gasteiger partial charge in [0.05, 0.1) is 0 Å². The first-order valence-electron chi connectivity index (χ1n) is 11.9. The van der Waals surface area contributed by atoms with Crippen LogP contribution in [0.3, 0.4) is 0 Å². The molecule has 2 amide bonds. The number of amides is 2. The third kappa shape index (κ3) is 5.60. The van der Waals surface area contributed by atoms with E-state index in [0.29, 0.717) is 23.4 Å². The van der Waals surface area contributed by atoms with E-state index in [9.17, 15) is 9.59 Å². The van der Waals surface area contributed by atoms with Crippen molar-refractivity contribution in [2.75, 3.05) is 18.9 Å². The molecule has 2 fully saturated rings. The largest absolute Gasteiger partial charge is 0.444 e. The second-order valence-electron chi connectivity index (χ2n) is 10.7. The lowest BCUT2D eigenvalue weighted by molar-refractivity contribution is -0.121. The van der Waals surface area contributed by atoms with Crippen LogP contribution in [0.15, 0.2) is 28.9 Å². The van der Waals surface area contributed by atoms with Gasteiger partial charge in [0.1, 0.15) is 22.1 Å². The fraction of sp³-hybridized carbons (Fsp3) is 0.640. The molecule has 7 nitrogen and oxygen atoms in total. The minimum absolute atomic E-state index is 0.0103. The van der Waals surface area contributed by atoms with E-state index >= 15 is 0 Å². The lowest BCUT2D eigenvalue weighted by Crippen LogP contribution is -2.47. The number of hydrogen-bond acceptors (Lipinski definition) is 5. The minimum atomic E-state index is -0.618. The lowest BCUT2D eigenvalue weighted by Gasteiger charge is -2.30. The number of rotatable bonds is 0. The van der Waals surface area contributed by atoms with Gasteiger partial charge in [0.25, 0.3) is 0 Å².